The fourth-order valence-electron chi connectivity index (χ4n) is 2.57. The topological polar surface area (TPSA) is 49.8 Å². The second-order valence-corrected chi connectivity index (χ2v) is 5.34. The maximum Gasteiger partial charge on any atom is 0.228 e. The Hall–Kier alpha value is -1.65. The zero-order chi connectivity index (χ0) is 15.2. The molecule has 114 valence electrons. The molecule has 1 amide bonds. The number of hydrogen-bond donors (Lipinski definition) is 1. The number of nitrogens with zero attached hydrogens (tertiary/aromatic N) is 1. The molecule has 1 aromatic carbocycles. The quantitative estimate of drug-likeness (QED) is 0.620. The van der Waals surface area contributed by atoms with E-state index in [0.717, 1.165) is 17.8 Å². The van der Waals surface area contributed by atoms with Crippen LogP contribution in [0, 0.1) is 5.92 Å². The molecule has 2 rings (SSSR count). The summed E-state index contributed by atoms with van der Waals surface area (Å²) in [5.41, 5.74) is 2.05. The number of methoxy groups -OCH3 is 1. The minimum atomic E-state index is -0.0268. The average Bonchev–Trinajstić information content (AvgIpc) is 2.48. The third-order valence-electron chi connectivity index (χ3n) is 3.85. The largest absolute Gasteiger partial charge is 0.396 e. The molecule has 0 saturated carbocycles. The van der Waals surface area contributed by atoms with Gasteiger partial charge in [0.1, 0.15) is 0 Å². The van der Waals surface area contributed by atoms with Crippen molar-refractivity contribution in [2.45, 2.75) is 25.9 Å². The number of aliphatic hydroxyl groups is 1. The lowest BCUT2D eigenvalue weighted by atomic mass is 9.96. The number of ether oxygens (including phenoxy) is 1. The Morgan fingerprint density at radius 3 is 2.57 bits per heavy atom. The van der Waals surface area contributed by atoms with E-state index in [1.807, 2.05) is 30.3 Å². The summed E-state index contributed by atoms with van der Waals surface area (Å²) in [6, 6.07) is 7.99. The molecule has 0 aromatic heterocycles. The van der Waals surface area contributed by atoms with Gasteiger partial charge in [-0.1, -0.05) is 31.2 Å². The van der Waals surface area contributed by atoms with Crippen LogP contribution in [0.2, 0.25) is 0 Å². The number of rotatable bonds is 7. The van der Waals surface area contributed by atoms with Crippen molar-refractivity contribution in [2.75, 3.05) is 25.2 Å². The van der Waals surface area contributed by atoms with Gasteiger partial charge in [0, 0.05) is 38.3 Å². The van der Waals surface area contributed by atoms with Gasteiger partial charge in [0.2, 0.25) is 5.91 Å². The van der Waals surface area contributed by atoms with E-state index in [4.69, 9.17) is 9.84 Å². The summed E-state index contributed by atoms with van der Waals surface area (Å²) in [5.74, 6) is 0.407. The molecule has 1 aliphatic heterocycles. The maximum absolute atomic E-state index is 11.4. The van der Waals surface area contributed by atoms with E-state index in [2.05, 4.69) is 13.0 Å². The number of carbonyl (C=O) groups excluding carboxylic acids is 1. The van der Waals surface area contributed by atoms with Crippen LogP contribution in [-0.4, -0.2) is 31.3 Å². The van der Waals surface area contributed by atoms with Crippen LogP contribution in [0.3, 0.4) is 0 Å². The van der Waals surface area contributed by atoms with Crippen LogP contribution in [-0.2, 0) is 9.53 Å². The van der Waals surface area contributed by atoms with Crippen molar-refractivity contribution in [1.82, 2.24) is 0 Å². The molecule has 4 heteroatoms. The van der Waals surface area contributed by atoms with E-state index in [0.29, 0.717) is 12.8 Å². The lowest BCUT2D eigenvalue weighted by molar-refractivity contribution is -0.122. The number of amides is 1. The Morgan fingerprint density at radius 2 is 2.10 bits per heavy atom. The van der Waals surface area contributed by atoms with Gasteiger partial charge < -0.3 is 14.7 Å². The summed E-state index contributed by atoms with van der Waals surface area (Å²) in [7, 11) is 1.70. The molecule has 1 fully saturated rings. The molecule has 21 heavy (non-hydrogen) atoms. The Kier molecular flexibility index (Phi) is 5.53. The molecule has 4 nitrogen and oxygen atoms in total. The molecule has 1 aromatic rings. The van der Waals surface area contributed by atoms with Gasteiger partial charge in [-0.2, -0.15) is 0 Å². The molecule has 1 saturated heterocycles. The van der Waals surface area contributed by atoms with E-state index in [1.165, 1.54) is 0 Å². The minimum absolute atomic E-state index is 0.0268. The highest BCUT2D eigenvalue weighted by atomic mass is 16.5. The van der Waals surface area contributed by atoms with Crippen molar-refractivity contribution in [1.29, 1.82) is 0 Å². The third-order valence-corrected chi connectivity index (χ3v) is 3.85. The molecule has 0 radical (unpaired) electrons. The number of hydrogen-bond acceptors (Lipinski definition) is 3. The predicted molar refractivity (Wildman–Crippen MR) is 83.2 cm³/mol. The molecule has 0 aliphatic carbocycles. The Balaban J connectivity index is 2.06. The van der Waals surface area contributed by atoms with Gasteiger partial charge in [-0.15, -0.1) is 0 Å². The lowest BCUT2D eigenvalue weighted by Gasteiger charge is -2.31. The second kappa shape index (κ2) is 7.38. The first-order valence-corrected chi connectivity index (χ1v) is 7.38. The zero-order valence-corrected chi connectivity index (χ0v) is 12.7. The maximum atomic E-state index is 11.4. The number of β-lactam (4-membered cyclic amide) rings is 1. The van der Waals surface area contributed by atoms with Crippen LogP contribution in [0.1, 0.15) is 31.4 Å². The first-order chi connectivity index (χ1) is 10.2. The summed E-state index contributed by atoms with van der Waals surface area (Å²) in [5, 5.41) is 8.81. The van der Waals surface area contributed by atoms with Crippen molar-refractivity contribution in [3.8, 4) is 0 Å². The van der Waals surface area contributed by atoms with Gasteiger partial charge in [-0.25, -0.2) is 0 Å². The predicted octanol–water partition coefficient (Wildman–Crippen LogP) is 2.69. The smallest absolute Gasteiger partial charge is 0.228 e. The SMILES string of the molecule is CO[C@@H](c1ccc(N2CCC2=O)cc1)[C@@H](C)/C=C/CCO. The lowest BCUT2D eigenvalue weighted by Crippen LogP contribution is -2.43. The molecule has 0 spiro atoms. The van der Waals surface area contributed by atoms with Gasteiger partial charge in [0.15, 0.2) is 0 Å². The van der Waals surface area contributed by atoms with Crippen LogP contribution in [0.4, 0.5) is 5.69 Å². The highest BCUT2D eigenvalue weighted by molar-refractivity contribution is 5.99. The Bertz CT molecular complexity index is 495. The van der Waals surface area contributed by atoms with E-state index in [-0.39, 0.29) is 24.5 Å². The number of anilines is 1. The van der Waals surface area contributed by atoms with Crippen LogP contribution in [0.15, 0.2) is 36.4 Å². The first-order valence-electron chi connectivity index (χ1n) is 7.38. The van der Waals surface area contributed by atoms with E-state index in [1.54, 1.807) is 12.0 Å². The molecule has 1 N–H and O–H groups in total. The molecule has 1 aliphatic rings. The summed E-state index contributed by atoms with van der Waals surface area (Å²) in [6.07, 6.45) is 5.33. The third kappa shape index (κ3) is 3.71. The van der Waals surface area contributed by atoms with E-state index in [9.17, 15) is 4.79 Å². The summed E-state index contributed by atoms with van der Waals surface area (Å²) in [4.78, 5) is 13.2. The Labute approximate surface area is 126 Å². The molecular weight excluding hydrogens is 266 g/mol. The molecule has 1 heterocycles. The number of benzene rings is 1. The number of carbonyl (C=O) groups is 1. The van der Waals surface area contributed by atoms with Gasteiger partial charge in [0.05, 0.1) is 6.10 Å². The molecular formula is C17H23NO3. The molecule has 0 bridgehead atoms. The standard InChI is InChI=1S/C17H23NO3/c1-13(5-3-4-12-19)17(21-2)14-6-8-15(9-7-14)18-11-10-16(18)20/h3,5-9,13,17,19H,4,10-12H2,1-2H3/b5-3+/t13-,17+/m0/s1. The van der Waals surface area contributed by atoms with Crippen molar-refractivity contribution in [2.24, 2.45) is 5.92 Å². The van der Waals surface area contributed by atoms with Gasteiger partial charge in [-0.05, 0) is 24.1 Å². The van der Waals surface area contributed by atoms with Crippen LogP contribution < -0.4 is 4.90 Å². The average molecular weight is 289 g/mol. The normalized spacial score (nSPS) is 17.9. The summed E-state index contributed by atoms with van der Waals surface area (Å²) >= 11 is 0. The van der Waals surface area contributed by atoms with E-state index < -0.39 is 0 Å². The van der Waals surface area contributed by atoms with E-state index >= 15 is 0 Å². The highest BCUT2D eigenvalue weighted by Gasteiger charge is 2.25. The monoisotopic (exact) mass is 289 g/mol. The highest BCUT2D eigenvalue weighted by Crippen LogP contribution is 2.29. The fraction of sp³-hybridized carbons (Fsp3) is 0.471. The van der Waals surface area contributed by atoms with Crippen molar-refractivity contribution < 1.29 is 14.6 Å². The number of aliphatic hydroxyl groups excluding tert-OH is 1. The van der Waals surface area contributed by atoms with Crippen LogP contribution in [0.5, 0.6) is 0 Å². The first kappa shape index (κ1) is 15.7. The fourth-order valence-corrected chi connectivity index (χ4v) is 2.57. The summed E-state index contributed by atoms with van der Waals surface area (Å²) in [6.45, 7) is 3.07. The summed E-state index contributed by atoms with van der Waals surface area (Å²) < 4.78 is 5.60. The molecule has 2 atom stereocenters. The van der Waals surface area contributed by atoms with Crippen molar-refractivity contribution in [3.63, 3.8) is 0 Å². The van der Waals surface area contributed by atoms with Crippen LogP contribution in [0.25, 0.3) is 0 Å². The van der Waals surface area contributed by atoms with Crippen LogP contribution >= 0.6 is 0 Å². The second-order valence-electron chi connectivity index (χ2n) is 5.34. The van der Waals surface area contributed by atoms with Gasteiger partial charge >= 0.3 is 0 Å². The van der Waals surface area contributed by atoms with Crippen molar-refractivity contribution in [3.05, 3.63) is 42.0 Å². The Morgan fingerprint density at radius 1 is 1.38 bits per heavy atom. The molecule has 0 unspecified atom stereocenters. The van der Waals surface area contributed by atoms with Crippen molar-refractivity contribution >= 4 is 11.6 Å². The zero-order valence-electron chi connectivity index (χ0n) is 12.7. The van der Waals surface area contributed by atoms with Gasteiger partial charge in [-0.3, -0.25) is 4.79 Å². The van der Waals surface area contributed by atoms with Gasteiger partial charge in [0.25, 0.3) is 0 Å². The minimum Gasteiger partial charge on any atom is -0.396 e.